The number of quaternary nitrogens is 1. The van der Waals surface area contributed by atoms with Crippen LogP contribution in [0.5, 0.6) is 5.75 Å². The zero-order chi connectivity index (χ0) is 23.6. The van der Waals surface area contributed by atoms with Gasteiger partial charge in [0.2, 0.25) is 12.1 Å². The topological polar surface area (TPSA) is 97.2 Å². The van der Waals surface area contributed by atoms with Crippen LogP contribution < -0.4 is 9.64 Å². The quantitative estimate of drug-likeness (QED) is 0.557. The number of ether oxygens (including phenoxy) is 2. The van der Waals surface area contributed by atoms with Gasteiger partial charge in [-0.05, 0) is 54.0 Å². The summed E-state index contributed by atoms with van der Waals surface area (Å²) in [7, 11) is 0. The molecule has 0 radical (unpaired) electrons. The van der Waals surface area contributed by atoms with Crippen LogP contribution in [-0.4, -0.2) is 61.3 Å². The van der Waals surface area contributed by atoms with Gasteiger partial charge in [-0.15, -0.1) is 5.10 Å². The molecule has 1 saturated heterocycles. The summed E-state index contributed by atoms with van der Waals surface area (Å²) in [6.07, 6.45) is 2.61. The van der Waals surface area contributed by atoms with E-state index in [2.05, 4.69) is 60.2 Å². The molecule has 0 unspecified atom stereocenters. The van der Waals surface area contributed by atoms with Crippen molar-refractivity contribution < 1.29 is 14.4 Å². The third-order valence-corrected chi connectivity index (χ3v) is 6.47. The number of nitrogens with zero attached hydrogens (tertiary/aromatic N) is 7. The van der Waals surface area contributed by atoms with Crippen molar-refractivity contribution in [2.45, 2.75) is 52.4 Å². The van der Waals surface area contributed by atoms with Gasteiger partial charge < -0.3 is 14.4 Å². The zero-order valence-corrected chi connectivity index (χ0v) is 20.5. The van der Waals surface area contributed by atoms with Crippen LogP contribution in [0.1, 0.15) is 52.7 Å². The zero-order valence-electron chi connectivity index (χ0n) is 19.8. The highest BCUT2D eigenvalue weighted by Gasteiger charge is 2.45. The first-order valence-electron chi connectivity index (χ1n) is 11.2. The van der Waals surface area contributed by atoms with Gasteiger partial charge in [0.25, 0.3) is 0 Å². The number of rotatable bonds is 7. The molecule has 10 nitrogen and oxygen atoms in total. The Hall–Kier alpha value is -2.56. The molecule has 0 amide bonds. The van der Waals surface area contributed by atoms with Gasteiger partial charge >= 0.3 is 0 Å². The molecule has 1 N–H and O–H groups in total. The minimum Gasteiger partial charge on any atom is -0.466 e. The molecule has 1 aromatic carbocycles. The molecule has 3 heterocycles. The van der Waals surface area contributed by atoms with E-state index in [1.54, 1.807) is 23.1 Å². The van der Waals surface area contributed by atoms with Crippen LogP contribution in [0.2, 0.25) is 5.02 Å². The molecule has 2 atom stereocenters. The van der Waals surface area contributed by atoms with E-state index in [9.17, 15) is 0 Å². The van der Waals surface area contributed by atoms with Crippen molar-refractivity contribution in [3.8, 4) is 5.75 Å². The van der Waals surface area contributed by atoms with Crippen LogP contribution in [-0.2, 0) is 10.3 Å². The van der Waals surface area contributed by atoms with Gasteiger partial charge in [-0.1, -0.05) is 32.4 Å². The van der Waals surface area contributed by atoms with Crippen LogP contribution in [0.15, 0.2) is 36.9 Å². The molecule has 0 spiro atoms. The fourth-order valence-corrected chi connectivity index (χ4v) is 4.50. The van der Waals surface area contributed by atoms with Gasteiger partial charge in [0.15, 0.2) is 5.54 Å². The fraction of sp³-hybridized carbons (Fsp3) is 0.591. The highest BCUT2D eigenvalue weighted by atomic mass is 35.5. The van der Waals surface area contributed by atoms with E-state index in [-0.39, 0.29) is 17.0 Å². The van der Waals surface area contributed by atoms with E-state index in [0.29, 0.717) is 10.8 Å². The van der Waals surface area contributed by atoms with E-state index in [1.807, 2.05) is 16.8 Å². The van der Waals surface area contributed by atoms with Crippen molar-refractivity contribution in [1.82, 2.24) is 35.0 Å². The number of hydrogen-bond donors (Lipinski definition) is 1. The normalized spacial score (nSPS) is 17.6. The van der Waals surface area contributed by atoms with Crippen molar-refractivity contribution in [3.63, 3.8) is 0 Å². The van der Waals surface area contributed by atoms with Crippen molar-refractivity contribution in [2.24, 2.45) is 5.41 Å². The molecule has 1 fully saturated rings. The Morgan fingerprint density at radius 1 is 1.09 bits per heavy atom. The number of benzene rings is 1. The third-order valence-electron chi connectivity index (χ3n) is 6.22. The predicted octanol–water partition coefficient (Wildman–Crippen LogP) is 1.93. The van der Waals surface area contributed by atoms with E-state index < -0.39 is 6.23 Å². The molecule has 11 heteroatoms. The maximum Gasteiger partial charge on any atom is 0.215 e. The van der Waals surface area contributed by atoms with Gasteiger partial charge in [0, 0.05) is 5.02 Å². The lowest BCUT2D eigenvalue weighted by Crippen LogP contribution is -3.19. The number of nitrogens with one attached hydrogen (secondary N) is 1. The van der Waals surface area contributed by atoms with E-state index in [0.717, 1.165) is 32.1 Å². The minimum atomic E-state index is -0.550. The van der Waals surface area contributed by atoms with Gasteiger partial charge in [0.1, 0.15) is 37.5 Å². The number of aromatic nitrogens is 7. The summed E-state index contributed by atoms with van der Waals surface area (Å²) in [4.78, 5) is 5.54. The lowest BCUT2D eigenvalue weighted by atomic mass is 9.85. The van der Waals surface area contributed by atoms with Crippen molar-refractivity contribution in [1.29, 1.82) is 0 Å². The van der Waals surface area contributed by atoms with Crippen LogP contribution in [0.4, 0.5) is 0 Å². The van der Waals surface area contributed by atoms with E-state index in [1.165, 1.54) is 11.2 Å². The lowest BCUT2D eigenvalue weighted by molar-refractivity contribution is -0.964. The molecule has 178 valence electrons. The van der Waals surface area contributed by atoms with Crippen LogP contribution in [0.3, 0.4) is 0 Å². The summed E-state index contributed by atoms with van der Waals surface area (Å²) < 4.78 is 15.7. The molecule has 0 saturated carbocycles. The summed E-state index contributed by atoms with van der Waals surface area (Å²) in [5.74, 6) is 1.46. The Balaban J connectivity index is 1.77. The molecule has 1 aliphatic heterocycles. The second kappa shape index (κ2) is 9.36. The molecule has 0 bridgehead atoms. The Morgan fingerprint density at radius 3 is 2.39 bits per heavy atom. The van der Waals surface area contributed by atoms with E-state index in [4.69, 9.17) is 21.1 Å². The SMILES string of the molecule is CC(C)(C)[C@@H]([C@@H](Oc1ccc(Cl)cc1)n1cncn1)n1nnnc1C(C)(C)[NH+]1CCOCC1. The Bertz CT molecular complexity index is 1020. The molecule has 3 aromatic rings. The highest BCUT2D eigenvalue weighted by Crippen LogP contribution is 2.41. The van der Waals surface area contributed by atoms with E-state index >= 15 is 0 Å². The van der Waals surface area contributed by atoms with Gasteiger partial charge in [-0.25, -0.2) is 14.3 Å². The van der Waals surface area contributed by atoms with Gasteiger partial charge in [-0.2, -0.15) is 5.10 Å². The predicted molar refractivity (Wildman–Crippen MR) is 122 cm³/mol. The van der Waals surface area contributed by atoms with Crippen LogP contribution in [0, 0.1) is 5.41 Å². The Morgan fingerprint density at radius 2 is 1.79 bits per heavy atom. The standard InChI is InChI=1S/C22H31ClN8O2/c1-21(2,3)18(19(30-15-24-14-25-30)33-17-8-6-16(23)7-9-17)31-20(26-27-28-31)22(4,5)29-10-12-32-13-11-29/h6-9,14-15,18-19H,10-13H2,1-5H3/p+1/t18-,19-/m1/s1. The second-order valence-corrected chi connectivity index (χ2v) is 10.4. The average molecular weight is 476 g/mol. The third kappa shape index (κ3) is 5.02. The van der Waals surface area contributed by atoms with Crippen molar-refractivity contribution in [3.05, 3.63) is 47.8 Å². The summed E-state index contributed by atoms with van der Waals surface area (Å²) in [5, 5.41) is 18.1. The van der Waals surface area contributed by atoms with Crippen LogP contribution in [0.25, 0.3) is 0 Å². The fourth-order valence-electron chi connectivity index (χ4n) is 4.37. The van der Waals surface area contributed by atoms with Crippen LogP contribution >= 0.6 is 11.6 Å². The maximum absolute atomic E-state index is 6.50. The first-order chi connectivity index (χ1) is 15.7. The average Bonchev–Trinajstić information content (AvgIpc) is 3.47. The summed E-state index contributed by atoms with van der Waals surface area (Å²) in [6.45, 7) is 14.0. The summed E-state index contributed by atoms with van der Waals surface area (Å²) in [6, 6.07) is 6.99. The molecule has 1 aliphatic rings. The Kier molecular flexibility index (Phi) is 6.69. The Labute approximate surface area is 198 Å². The maximum atomic E-state index is 6.50. The molecular formula is C22H32ClN8O2+. The highest BCUT2D eigenvalue weighted by molar-refractivity contribution is 6.30. The number of morpholine rings is 1. The number of halogens is 1. The monoisotopic (exact) mass is 475 g/mol. The minimum absolute atomic E-state index is 0.288. The smallest absolute Gasteiger partial charge is 0.215 e. The number of hydrogen-bond acceptors (Lipinski definition) is 7. The summed E-state index contributed by atoms with van der Waals surface area (Å²) in [5.41, 5.74) is -0.617. The van der Waals surface area contributed by atoms with Crippen molar-refractivity contribution >= 4 is 11.6 Å². The molecule has 33 heavy (non-hydrogen) atoms. The largest absolute Gasteiger partial charge is 0.466 e. The van der Waals surface area contributed by atoms with Gasteiger partial charge in [0.05, 0.1) is 13.2 Å². The molecule has 0 aliphatic carbocycles. The van der Waals surface area contributed by atoms with Gasteiger partial charge in [-0.3, -0.25) is 0 Å². The number of tetrazole rings is 1. The first kappa shape index (κ1) is 23.6. The summed E-state index contributed by atoms with van der Waals surface area (Å²) >= 11 is 6.08. The first-order valence-corrected chi connectivity index (χ1v) is 11.5. The second-order valence-electron chi connectivity index (χ2n) is 9.94. The molecular weight excluding hydrogens is 444 g/mol. The molecule has 2 aromatic heterocycles. The lowest BCUT2D eigenvalue weighted by Gasteiger charge is -2.40. The molecule has 4 rings (SSSR count). The van der Waals surface area contributed by atoms with Crippen molar-refractivity contribution in [2.75, 3.05) is 26.3 Å².